The Balaban J connectivity index is 1.84. The van der Waals surface area contributed by atoms with E-state index < -0.39 is 10.0 Å². The summed E-state index contributed by atoms with van der Waals surface area (Å²) in [6.45, 7) is 3.44. The van der Waals surface area contributed by atoms with Gasteiger partial charge in [0.25, 0.3) is 0 Å². The van der Waals surface area contributed by atoms with Gasteiger partial charge in [0.1, 0.15) is 0 Å². The molecule has 0 radical (unpaired) electrons. The summed E-state index contributed by atoms with van der Waals surface area (Å²) in [5.41, 5.74) is 0.413. The van der Waals surface area contributed by atoms with Crippen molar-refractivity contribution in [2.75, 3.05) is 19.6 Å². The minimum atomic E-state index is -3.48. The van der Waals surface area contributed by atoms with Crippen molar-refractivity contribution in [1.29, 1.82) is 0 Å². The molecule has 1 N–H and O–H groups in total. The maximum atomic E-state index is 12.9. The van der Waals surface area contributed by atoms with Gasteiger partial charge in [-0.1, -0.05) is 18.2 Å². The maximum absolute atomic E-state index is 12.9. The number of nitrogens with zero attached hydrogens (tertiary/aromatic N) is 1. The van der Waals surface area contributed by atoms with E-state index >= 15 is 0 Å². The predicted molar refractivity (Wildman–Crippen MR) is 83.8 cm³/mol. The lowest BCUT2D eigenvalue weighted by Crippen LogP contribution is -2.35. The lowest BCUT2D eigenvalue weighted by Gasteiger charge is -2.24. The highest BCUT2D eigenvalue weighted by molar-refractivity contribution is 7.89. The number of benzene rings is 1. The molecule has 3 rings (SSSR count). The lowest BCUT2D eigenvalue weighted by atomic mass is 9.79. The summed E-state index contributed by atoms with van der Waals surface area (Å²) in [4.78, 5) is 12.5. The van der Waals surface area contributed by atoms with E-state index in [2.05, 4.69) is 5.32 Å². The number of hydrogen-bond donors (Lipinski definition) is 1. The van der Waals surface area contributed by atoms with E-state index in [0.717, 1.165) is 24.8 Å². The first-order chi connectivity index (χ1) is 10.5. The van der Waals surface area contributed by atoms with Crippen LogP contribution in [0.2, 0.25) is 0 Å². The second-order valence-electron chi connectivity index (χ2n) is 6.31. The molecule has 0 unspecified atom stereocenters. The van der Waals surface area contributed by atoms with Gasteiger partial charge in [-0.2, -0.15) is 4.31 Å². The number of aryl methyl sites for hydroxylation is 1. The summed E-state index contributed by atoms with van der Waals surface area (Å²) < 4.78 is 27.3. The minimum Gasteiger partial charge on any atom is -0.356 e. The van der Waals surface area contributed by atoms with E-state index in [9.17, 15) is 13.2 Å². The molecule has 1 spiro atoms. The Morgan fingerprint density at radius 1 is 1.14 bits per heavy atom. The van der Waals surface area contributed by atoms with E-state index in [4.69, 9.17) is 0 Å². The highest BCUT2D eigenvalue weighted by atomic mass is 32.2. The van der Waals surface area contributed by atoms with Gasteiger partial charge in [-0.3, -0.25) is 4.79 Å². The van der Waals surface area contributed by atoms with Crippen LogP contribution in [0.15, 0.2) is 29.2 Å². The first-order valence-electron chi connectivity index (χ1n) is 7.80. The summed E-state index contributed by atoms with van der Waals surface area (Å²) >= 11 is 0. The van der Waals surface area contributed by atoms with Crippen LogP contribution in [-0.2, 0) is 14.8 Å². The molecule has 1 aromatic carbocycles. The smallest absolute Gasteiger partial charge is 0.243 e. The Hall–Kier alpha value is -1.40. The molecular formula is C16H22N2O3S. The zero-order valence-corrected chi connectivity index (χ0v) is 13.7. The molecule has 1 aromatic rings. The second-order valence-corrected chi connectivity index (χ2v) is 8.22. The molecule has 2 aliphatic rings. The Labute approximate surface area is 131 Å². The Morgan fingerprint density at radius 3 is 2.59 bits per heavy atom. The van der Waals surface area contributed by atoms with Gasteiger partial charge in [0.15, 0.2) is 0 Å². The number of carbonyl (C=O) groups excluding carboxylic acids is 1. The fourth-order valence-corrected chi connectivity index (χ4v) is 5.29. The first-order valence-corrected chi connectivity index (χ1v) is 9.24. The lowest BCUT2D eigenvalue weighted by molar-refractivity contribution is -0.128. The van der Waals surface area contributed by atoms with Crippen LogP contribution < -0.4 is 5.32 Å². The van der Waals surface area contributed by atoms with Crippen LogP contribution in [0.4, 0.5) is 0 Å². The molecule has 120 valence electrons. The van der Waals surface area contributed by atoms with Crippen molar-refractivity contribution in [3.63, 3.8) is 0 Å². The topological polar surface area (TPSA) is 66.5 Å². The minimum absolute atomic E-state index is 0.0997. The fourth-order valence-electron chi connectivity index (χ4n) is 3.59. The highest BCUT2D eigenvalue weighted by Gasteiger charge is 2.44. The van der Waals surface area contributed by atoms with E-state index in [1.54, 1.807) is 16.4 Å². The molecule has 0 aliphatic carbocycles. The Bertz CT molecular complexity index is 686. The van der Waals surface area contributed by atoms with Crippen molar-refractivity contribution in [3.8, 4) is 0 Å². The molecule has 2 fully saturated rings. The summed E-state index contributed by atoms with van der Waals surface area (Å²) in [5, 5.41) is 2.90. The van der Waals surface area contributed by atoms with Gasteiger partial charge >= 0.3 is 0 Å². The fraction of sp³-hybridized carbons (Fsp3) is 0.562. The standard InChI is InChI=1S/C16H22N2O3S/c1-13-5-2-3-6-14(13)22(20,21)18-11-4-7-16(9-12-18)8-10-17-15(16)19/h2-3,5-6H,4,7-12H2,1H3,(H,17,19)/t16-/m0/s1. The Kier molecular flexibility index (Phi) is 3.99. The number of amides is 1. The van der Waals surface area contributed by atoms with Gasteiger partial charge in [0.2, 0.25) is 15.9 Å². The van der Waals surface area contributed by atoms with Gasteiger partial charge in [-0.05, 0) is 44.2 Å². The van der Waals surface area contributed by atoms with Crippen LogP contribution in [0.3, 0.4) is 0 Å². The largest absolute Gasteiger partial charge is 0.356 e. The summed E-state index contributed by atoms with van der Waals surface area (Å²) in [6.07, 6.45) is 2.95. The van der Waals surface area contributed by atoms with Gasteiger partial charge in [-0.15, -0.1) is 0 Å². The van der Waals surface area contributed by atoms with Crippen LogP contribution >= 0.6 is 0 Å². The highest BCUT2D eigenvalue weighted by Crippen LogP contribution is 2.39. The molecule has 0 aromatic heterocycles. The number of carbonyl (C=O) groups is 1. The molecule has 2 heterocycles. The number of rotatable bonds is 2. The van der Waals surface area contributed by atoms with Gasteiger partial charge in [0, 0.05) is 19.6 Å². The zero-order chi connectivity index (χ0) is 15.8. The maximum Gasteiger partial charge on any atom is 0.243 e. The third-order valence-corrected chi connectivity index (χ3v) is 7.04. The molecule has 1 atom stereocenters. The van der Waals surface area contributed by atoms with Crippen LogP contribution in [-0.4, -0.2) is 38.3 Å². The van der Waals surface area contributed by atoms with Crippen molar-refractivity contribution in [2.45, 2.75) is 37.5 Å². The molecule has 2 saturated heterocycles. The van der Waals surface area contributed by atoms with Crippen molar-refractivity contribution < 1.29 is 13.2 Å². The van der Waals surface area contributed by atoms with Crippen LogP contribution in [0.5, 0.6) is 0 Å². The number of hydrogen-bond acceptors (Lipinski definition) is 3. The van der Waals surface area contributed by atoms with Crippen molar-refractivity contribution >= 4 is 15.9 Å². The van der Waals surface area contributed by atoms with Crippen molar-refractivity contribution in [2.24, 2.45) is 5.41 Å². The number of nitrogens with one attached hydrogen (secondary N) is 1. The van der Waals surface area contributed by atoms with Crippen LogP contribution in [0.25, 0.3) is 0 Å². The number of sulfonamides is 1. The third kappa shape index (κ3) is 2.54. The van der Waals surface area contributed by atoms with Gasteiger partial charge in [-0.25, -0.2) is 8.42 Å². The van der Waals surface area contributed by atoms with E-state index in [1.807, 2.05) is 19.1 Å². The van der Waals surface area contributed by atoms with Crippen LogP contribution in [0, 0.1) is 12.3 Å². The molecule has 1 amide bonds. The average Bonchev–Trinajstić information content (AvgIpc) is 2.71. The normalized spacial score (nSPS) is 26.9. The van der Waals surface area contributed by atoms with E-state index in [1.165, 1.54) is 0 Å². The molecule has 5 nitrogen and oxygen atoms in total. The summed E-state index contributed by atoms with van der Waals surface area (Å²) in [5.74, 6) is 0.0997. The molecule has 0 bridgehead atoms. The molecule has 0 saturated carbocycles. The van der Waals surface area contributed by atoms with Gasteiger partial charge < -0.3 is 5.32 Å². The molecule has 2 aliphatic heterocycles. The molecule has 6 heteroatoms. The first kappa shape index (κ1) is 15.5. The van der Waals surface area contributed by atoms with E-state index in [0.29, 0.717) is 31.0 Å². The van der Waals surface area contributed by atoms with Crippen LogP contribution in [0.1, 0.15) is 31.2 Å². The SMILES string of the molecule is Cc1ccccc1S(=O)(=O)N1CCC[C@]2(CCNC2=O)CC1. The average molecular weight is 322 g/mol. The van der Waals surface area contributed by atoms with Gasteiger partial charge in [0.05, 0.1) is 10.3 Å². The summed E-state index contributed by atoms with van der Waals surface area (Å²) in [6, 6.07) is 7.07. The monoisotopic (exact) mass is 322 g/mol. The van der Waals surface area contributed by atoms with Crippen molar-refractivity contribution in [1.82, 2.24) is 9.62 Å². The molecular weight excluding hydrogens is 300 g/mol. The Morgan fingerprint density at radius 2 is 1.91 bits per heavy atom. The quantitative estimate of drug-likeness (QED) is 0.901. The van der Waals surface area contributed by atoms with Crippen molar-refractivity contribution in [3.05, 3.63) is 29.8 Å². The zero-order valence-electron chi connectivity index (χ0n) is 12.8. The molecule has 22 heavy (non-hydrogen) atoms. The third-order valence-electron chi connectivity index (χ3n) is 4.98. The summed E-state index contributed by atoms with van der Waals surface area (Å²) in [7, 11) is -3.48. The predicted octanol–water partition coefficient (Wildman–Crippen LogP) is 1.68. The second kappa shape index (κ2) is 5.66. The van der Waals surface area contributed by atoms with E-state index in [-0.39, 0.29) is 11.3 Å².